The van der Waals surface area contributed by atoms with Gasteiger partial charge in [-0.05, 0) is 43.4 Å². The van der Waals surface area contributed by atoms with E-state index in [2.05, 4.69) is 29.5 Å². The Kier molecular flexibility index (Phi) is 13.3. The molecule has 7 heteroatoms. The summed E-state index contributed by atoms with van der Waals surface area (Å²) in [7, 11) is 3.18. The molecule has 0 fully saturated rings. The highest BCUT2D eigenvalue weighted by atomic mass is 127. The highest BCUT2D eigenvalue weighted by Gasteiger charge is 2.11. The molecule has 3 N–H and O–H groups in total. The predicted molar refractivity (Wildman–Crippen MR) is 118 cm³/mol. The van der Waals surface area contributed by atoms with Crippen LogP contribution in [-0.2, 0) is 0 Å². The van der Waals surface area contributed by atoms with Gasteiger partial charge in [-0.15, -0.1) is 24.0 Å². The van der Waals surface area contributed by atoms with Crippen molar-refractivity contribution in [2.75, 3.05) is 33.9 Å². The number of aliphatic hydroxyl groups excluding tert-OH is 1. The molecule has 0 amide bonds. The molecule has 0 aliphatic carbocycles. The van der Waals surface area contributed by atoms with Crippen molar-refractivity contribution in [1.29, 1.82) is 0 Å². The first kappa shape index (κ1) is 24.8. The lowest BCUT2D eigenvalue weighted by Crippen LogP contribution is -2.38. The zero-order valence-corrected chi connectivity index (χ0v) is 18.9. The Balaban J connectivity index is 0.00000625. The summed E-state index contributed by atoms with van der Waals surface area (Å²) in [4.78, 5) is 4.48. The number of aliphatic hydroxyl groups is 1. The normalized spacial score (nSPS) is 12.3. The van der Waals surface area contributed by atoms with Crippen LogP contribution in [0.3, 0.4) is 0 Å². The van der Waals surface area contributed by atoms with Gasteiger partial charge in [0.25, 0.3) is 0 Å². The van der Waals surface area contributed by atoms with Crippen LogP contribution in [-0.4, -0.2) is 44.9 Å². The monoisotopic (exact) mass is 479 g/mol. The zero-order valence-electron chi connectivity index (χ0n) is 16.5. The van der Waals surface area contributed by atoms with E-state index in [0.29, 0.717) is 17.4 Å². The lowest BCUT2D eigenvalue weighted by atomic mass is 10.1. The summed E-state index contributed by atoms with van der Waals surface area (Å²) in [5.74, 6) is 2.72. The zero-order chi connectivity index (χ0) is 18.7. The predicted octanol–water partition coefficient (Wildman–Crippen LogP) is 3.35. The fourth-order valence-corrected chi connectivity index (χ4v) is 2.36. The summed E-state index contributed by atoms with van der Waals surface area (Å²) in [5.41, 5.74) is 0.718. The minimum absolute atomic E-state index is 0. The Morgan fingerprint density at radius 2 is 1.73 bits per heavy atom. The number of guanidine groups is 1. The Morgan fingerprint density at radius 1 is 1.12 bits per heavy atom. The molecule has 6 nitrogen and oxygen atoms in total. The topological polar surface area (TPSA) is 75.1 Å². The van der Waals surface area contributed by atoms with Crippen LogP contribution in [0.15, 0.2) is 23.2 Å². The molecule has 0 heterocycles. The maximum absolute atomic E-state index is 10.4. The molecular formula is C19H34IN3O3. The highest BCUT2D eigenvalue weighted by molar-refractivity contribution is 14.0. The van der Waals surface area contributed by atoms with E-state index in [9.17, 15) is 5.11 Å². The summed E-state index contributed by atoms with van der Waals surface area (Å²) < 4.78 is 10.5. The molecular weight excluding hydrogens is 445 g/mol. The number of nitrogens with zero attached hydrogens (tertiary/aromatic N) is 1. The van der Waals surface area contributed by atoms with Gasteiger partial charge in [-0.25, -0.2) is 0 Å². The number of methoxy groups -OCH3 is 2. The van der Waals surface area contributed by atoms with Crippen LogP contribution in [0, 0.1) is 5.92 Å². The first-order valence-corrected chi connectivity index (χ1v) is 8.93. The molecule has 150 valence electrons. The van der Waals surface area contributed by atoms with Gasteiger partial charge in [0.15, 0.2) is 5.96 Å². The van der Waals surface area contributed by atoms with Crippen molar-refractivity contribution >= 4 is 29.9 Å². The van der Waals surface area contributed by atoms with Crippen LogP contribution in [0.4, 0.5) is 0 Å². The average Bonchev–Trinajstić information content (AvgIpc) is 2.61. The number of nitrogens with one attached hydrogen (secondary N) is 2. The quantitative estimate of drug-likeness (QED) is 0.208. The second-order valence-electron chi connectivity index (χ2n) is 6.34. The number of hydrogen-bond acceptors (Lipinski definition) is 4. The summed E-state index contributed by atoms with van der Waals surface area (Å²) in [6.07, 6.45) is 1.55. The summed E-state index contributed by atoms with van der Waals surface area (Å²) >= 11 is 0. The third-order valence-corrected chi connectivity index (χ3v) is 3.78. The minimum atomic E-state index is -0.727. The molecule has 1 atom stereocenters. The van der Waals surface area contributed by atoms with E-state index in [1.165, 1.54) is 6.42 Å². The van der Waals surface area contributed by atoms with Crippen molar-refractivity contribution in [3.05, 3.63) is 23.8 Å². The smallest absolute Gasteiger partial charge is 0.191 e. The van der Waals surface area contributed by atoms with Crippen molar-refractivity contribution in [2.24, 2.45) is 10.9 Å². The molecule has 0 bridgehead atoms. The average molecular weight is 479 g/mol. The SMILES string of the molecule is CCNC(=NCC(O)c1cc(OC)cc(OC)c1)NCCCC(C)C.I. The summed E-state index contributed by atoms with van der Waals surface area (Å²) in [6, 6.07) is 5.37. The number of benzene rings is 1. The van der Waals surface area contributed by atoms with Gasteiger partial charge in [0.2, 0.25) is 0 Å². The maximum atomic E-state index is 10.4. The van der Waals surface area contributed by atoms with Crippen molar-refractivity contribution in [1.82, 2.24) is 10.6 Å². The van der Waals surface area contributed by atoms with Crippen LogP contribution in [0.1, 0.15) is 45.3 Å². The van der Waals surface area contributed by atoms with Crippen LogP contribution in [0.25, 0.3) is 0 Å². The summed E-state index contributed by atoms with van der Waals surface area (Å²) in [6.45, 7) is 8.37. The van der Waals surface area contributed by atoms with Gasteiger partial charge in [-0.1, -0.05) is 13.8 Å². The fraction of sp³-hybridized carbons (Fsp3) is 0.632. The Bertz CT molecular complexity index is 517. The van der Waals surface area contributed by atoms with Gasteiger partial charge in [0.05, 0.1) is 26.9 Å². The van der Waals surface area contributed by atoms with E-state index in [-0.39, 0.29) is 30.5 Å². The van der Waals surface area contributed by atoms with Gasteiger partial charge in [-0.2, -0.15) is 0 Å². The van der Waals surface area contributed by atoms with Gasteiger partial charge in [-0.3, -0.25) is 4.99 Å². The van der Waals surface area contributed by atoms with Gasteiger partial charge in [0.1, 0.15) is 11.5 Å². The van der Waals surface area contributed by atoms with E-state index < -0.39 is 6.10 Å². The number of halogens is 1. The van der Waals surface area contributed by atoms with Crippen molar-refractivity contribution < 1.29 is 14.6 Å². The Labute approximate surface area is 174 Å². The van der Waals surface area contributed by atoms with E-state index in [0.717, 1.165) is 31.0 Å². The van der Waals surface area contributed by atoms with E-state index in [1.807, 2.05) is 6.92 Å². The number of aliphatic imine (C=N–C) groups is 1. The first-order valence-electron chi connectivity index (χ1n) is 8.93. The fourth-order valence-electron chi connectivity index (χ4n) is 2.36. The molecule has 26 heavy (non-hydrogen) atoms. The molecule has 1 aromatic carbocycles. The molecule has 0 saturated carbocycles. The molecule has 0 radical (unpaired) electrons. The highest BCUT2D eigenvalue weighted by Crippen LogP contribution is 2.26. The van der Waals surface area contributed by atoms with Crippen LogP contribution < -0.4 is 20.1 Å². The molecule has 0 aromatic heterocycles. The molecule has 1 aromatic rings. The second-order valence-corrected chi connectivity index (χ2v) is 6.34. The van der Waals surface area contributed by atoms with Crippen LogP contribution >= 0.6 is 24.0 Å². The molecule has 0 spiro atoms. The van der Waals surface area contributed by atoms with Gasteiger partial charge >= 0.3 is 0 Å². The van der Waals surface area contributed by atoms with Crippen LogP contribution in [0.5, 0.6) is 11.5 Å². The van der Waals surface area contributed by atoms with E-state index in [4.69, 9.17) is 9.47 Å². The third kappa shape index (κ3) is 9.47. The molecule has 0 aliphatic heterocycles. The Hall–Kier alpha value is -1.22. The van der Waals surface area contributed by atoms with Crippen molar-refractivity contribution in [2.45, 2.75) is 39.7 Å². The standard InChI is InChI=1S/C19H33N3O3.HI/c1-6-20-19(21-9-7-8-14(2)3)22-13-18(23)15-10-16(24-4)12-17(11-15)25-5;/h10-12,14,18,23H,6-9,13H2,1-5H3,(H2,20,21,22);1H. The van der Waals surface area contributed by atoms with Crippen molar-refractivity contribution in [3.63, 3.8) is 0 Å². The van der Waals surface area contributed by atoms with Gasteiger partial charge in [0, 0.05) is 19.2 Å². The second kappa shape index (κ2) is 13.9. The number of rotatable bonds is 10. The van der Waals surface area contributed by atoms with Crippen molar-refractivity contribution in [3.8, 4) is 11.5 Å². The lowest BCUT2D eigenvalue weighted by molar-refractivity contribution is 0.186. The number of ether oxygens (including phenoxy) is 2. The lowest BCUT2D eigenvalue weighted by Gasteiger charge is -2.15. The van der Waals surface area contributed by atoms with Crippen LogP contribution in [0.2, 0.25) is 0 Å². The molecule has 0 saturated heterocycles. The first-order chi connectivity index (χ1) is 12.0. The maximum Gasteiger partial charge on any atom is 0.191 e. The number of hydrogen-bond donors (Lipinski definition) is 3. The molecule has 0 aliphatic rings. The third-order valence-electron chi connectivity index (χ3n) is 3.78. The molecule has 1 rings (SSSR count). The molecule has 1 unspecified atom stereocenters. The minimum Gasteiger partial charge on any atom is -0.497 e. The summed E-state index contributed by atoms with van der Waals surface area (Å²) in [5, 5.41) is 17.0. The largest absolute Gasteiger partial charge is 0.497 e. The van der Waals surface area contributed by atoms with Gasteiger partial charge < -0.3 is 25.2 Å². The Morgan fingerprint density at radius 3 is 2.23 bits per heavy atom. The van der Waals surface area contributed by atoms with E-state index >= 15 is 0 Å². The van der Waals surface area contributed by atoms with E-state index in [1.54, 1.807) is 32.4 Å².